The maximum Gasteiger partial charge on any atom is 0.326 e. The first-order chi connectivity index (χ1) is 31.1. The van der Waals surface area contributed by atoms with Crippen LogP contribution in [0.4, 0.5) is 0 Å². The maximum absolute atomic E-state index is 12.5. The van der Waals surface area contributed by atoms with Gasteiger partial charge in [-0.15, -0.1) is 0 Å². The lowest BCUT2D eigenvalue weighted by Gasteiger charge is -2.17. The van der Waals surface area contributed by atoms with Gasteiger partial charge in [-0.3, -0.25) is 33.6 Å². The first-order valence-corrected chi connectivity index (χ1v) is 23.2. The predicted octanol–water partition coefficient (Wildman–Crippen LogP) is 3.49. The number of ether oxygens (including phenoxy) is 4. The Morgan fingerprint density at radius 1 is 0.431 bits per heavy atom. The second-order valence-electron chi connectivity index (χ2n) is 16.1. The average molecular weight is 931 g/mol. The zero-order valence-electron chi connectivity index (χ0n) is 38.8. The molecule has 0 spiro atoms. The zero-order chi connectivity index (χ0) is 48.5. The highest BCUT2D eigenvalue weighted by molar-refractivity contribution is 5.86. The van der Waals surface area contributed by atoms with Gasteiger partial charge in [-0.05, 0) is 51.9 Å². The van der Waals surface area contributed by atoms with Crippen molar-refractivity contribution in [3.63, 3.8) is 0 Å². The number of carbonyl (C=O) groups excluding carboxylic acids is 6. The van der Waals surface area contributed by atoms with E-state index in [1.54, 1.807) is 6.92 Å². The zero-order valence-corrected chi connectivity index (χ0v) is 38.8. The van der Waals surface area contributed by atoms with Crippen molar-refractivity contribution < 1.29 is 77.4 Å². The Kier molecular flexibility index (Phi) is 38.1. The first kappa shape index (κ1) is 60.5. The van der Waals surface area contributed by atoms with Crippen LogP contribution in [0, 0.1) is 5.92 Å². The van der Waals surface area contributed by atoms with Crippen LogP contribution in [0.25, 0.3) is 0 Å². The third kappa shape index (κ3) is 39.6. The van der Waals surface area contributed by atoms with Crippen molar-refractivity contribution in [1.29, 1.82) is 0 Å². The molecular weight excluding hydrogens is 853 g/mol. The molecule has 20 heteroatoms. The summed E-state index contributed by atoms with van der Waals surface area (Å²) in [6, 6.07) is -2.71. The SMILES string of the molecule is CC(=O)[C@@H](C)CCCCNC(=O)COCCOCCCC(=O)COCCOCCNC(=O)CCC(NC(=O)CC[C@H](NC(=O)CCCCCCCCCCCCC(=O)O)C(=O)O)C(=O)O. The van der Waals surface area contributed by atoms with E-state index >= 15 is 0 Å². The van der Waals surface area contributed by atoms with Gasteiger partial charge in [0.15, 0.2) is 5.78 Å². The standard InChI is InChI=1S/C45H78N4O16/c1-34(35(2)50)16-13-14-24-46-42(55)33-65-31-28-62-26-15-17-36(51)32-64-30-29-63-27-25-47-39(52)22-20-37(44(58)59)49-41(54)23-21-38(45(60)61)48-40(53)18-11-9-7-5-3-4-6-8-10-12-19-43(56)57/h34,37-38H,3-33H2,1-2H3,(H,46,55)(H,47,52)(H,48,53)(H,49,54)(H,56,57)(H,58,59)(H,60,61)/t34-,37?,38-/m0/s1. The van der Waals surface area contributed by atoms with Gasteiger partial charge in [0, 0.05) is 57.7 Å². The molecule has 0 heterocycles. The number of Topliss-reactive ketones (excluding diaryl/α,β-unsaturated/α-hetero) is 2. The molecule has 0 fully saturated rings. The minimum absolute atomic E-state index is 0.0387. The van der Waals surface area contributed by atoms with Crippen LogP contribution in [0.3, 0.4) is 0 Å². The molecule has 0 rings (SSSR count). The molecule has 65 heavy (non-hydrogen) atoms. The van der Waals surface area contributed by atoms with E-state index in [1.165, 1.54) is 0 Å². The number of amides is 4. The molecule has 0 aliphatic rings. The normalized spacial score (nSPS) is 12.4. The molecule has 0 bridgehead atoms. The quantitative estimate of drug-likeness (QED) is 0.0430. The molecule has 7 N–H and O–H groups in total. The van der Waals surface area contributed by atoms with E-state index in [2.05, 4.69) is 21.3 Å². The van der Waals surface area contributed by atoms with Crippen molar-refractivity contribution in [2.24, 2.45) is 5.92 Å². The van der Waals surface area contributed by atoms with Gasteiger partial charge in [0.1, 0.15) is 31.1 Å². The molecule has 0 radical (unpaired) electrons. The highest BCUT2D eigenvalue weighted by atomic mass is 16.5. The molecule has 0 aromatic carbocycles. The molecule has 374 valence electrons. The number of carbonyl (C=O) groups is 9. The Morgan fingerprint density at radius 2 is 0.908 bits per heavy atom. The number of unbranched alkanes of at least 4 members (excludes halogenated alkanes) is 10. The number of rotatable bonds is 46. The summed E-state index contributed by atoms with van der Waals surface area (Å²) in [7, 11) is 0. The molecule has 1 unspecified atom stereocenters. The predicted molar refractivity (Wildman–Crippen MR) is 238 cm³/mol. The van der Waals surface area contributed by atoms with Crippen LogP contribution in [-0.2, 0) is 62.1 Å². The van der Waals surface area contributed by atoms with Gasteiger partial charge in [-0.1, -0.05) is 64.7 Å². The number of hydrogen-bond acceptors (Lipinski definition) is 13. The van der Waals surface area contributed by atoms with E-state index in [0.717, 1.165) is 70.6 Å². The van der Waals surface area contributed by atoms with Crippen molar-refractivity contribution in [3.8, 4) is 0 Å². The van der Waals surface area contributed by atoms with Gasteiger partial charge in [-0.2, -0.15) is 0 Å². The van der Waals surface area contributed by atoms with Crippen LogP contribution in [0.1, 0.15) is 149 Å². The highest BCUT2D eigenvalue weighted by Gasteiger charge is 2.24. The van der Waals surface area contributed by atoms with Crippen molar-refractivity contribution in [2.75, 3.05) is 65.9 Å². The smallest absolute Gasteiger partial charge is 0.326 e. The molecule has 0 aromatic rings. The van der Waals surface area contributed by atoms with Crippen molar-refractivity contribution in [2.45, 2.75) is 161 Å². The molecular formula is C45H78N4O16. The number of nitrogens with one attached hydrogen (secondary N) is 4. The third-order valence-electron chi connectivity index (χ3n) is 10.3. The Hall–Kier alpha value is -4.53. The van der Waals surface area contributed by atoms with Crippen molar-refractivity contribution in [3.05, 3.63) is 0 Å². The lowest BCUT2D eigenvalue weighted by molar-refractivity contribution is -0.143. The fourth-order valence-corrected chi connectivity index (χ4v) is 6.22. The number of hydrogen-bond donors (Lipinski definition) is 7. The molecule has 3 atom stereocenters. The lowest BCUT2D eigenvalue weighted by atomic mass is 10.0. The van der Waals surface area contributed by atoms with Crippen LogP contribution in [0.2, 0.25) is 0 Å². The van der Waals surface area contributed by atoms with Crippen LogP contribution in [0.5, 0.6) is 0 Å². The van der Waals surface area contributed by atoms with E-state index in [0.29, 0.717) is 32.4 Å². The Balaban J connectivity index is 3.94. The van der Waals surface area contributed by atoms with E-state index in [4.69, 9.17) is 24.1 Å². The largest absolute Gasteiger partial charge is 0.481 e. The van der Waals surface area contributed by atoms with Gasteiger partial charge >= 0.3 is 17.9 Å². The number of aliphatic carboxylic acids is 3. The van der Waals surface area contributed by atoms with Crippen molar-refractivity contribution >= 4 is 53.1 Å². The fourth-order valence-electron chi connectivity index (χ4n) is 6.22. The molecule has 0 saturated heterocycles. The van der Waals surface area contributed by atoms with E-state index in [9.17, 15) is 53.4 Å². The Labute approximate surface area is 383 Å². The van der Waals surface area contributed by atoms with Crippen LogP contribution < -0.4 is 21.3 Å². The second-order valence-corrected chi connectivity index (χ2v) is 16.1. The van der Waals surface area contributed by atoms with Gasteiger partial charge < -0.3 is 55.5 Å². The van der Waals surface area contributed by atoms with Crippen molar-refractivity contribution in [1.82, 2.24) is 21.3 Å². The minimum atomic E-state index is -1.39. The minimum Gasteiger partial charge on any atom is -0.481 e. The van der Waals surface area contributed by atoms with E-state index < -0.39 is 47.7 Å². The lowest BCUT2D eigenvalue weighted by Crippen LogP contribution is -2.44. The first-order valence-electron chi connectivity index (χ1n) is 23.2. The number of ketones is 2. The highest BCUT2D eigenvalue weighted by Crippen LogP contribution is 2.13. The topological polar surface area (TPSA) is 299 Å². The molecule has 0 aliphatic heterocycles. The van der Waals surface area contributed by atoms with E-state index in [1.807, 2.05) is 6.92 Å². The summed E-state index contributed by atoms with van der Waals surface area (Å²) >= 11 is 0. The summed E-state index contributed by atoms with van der Waals surface area (Å²) in [5.41, 5.74) is 0. The maximum atomic E-state index is 12.5. The summed E-state index contributed by atoms with van der Waals surface area (Å²) in [4.78, 5) is 106. The summed E-state index contributed by atoms with van der Waals surface area (Å²) in [5, 5.41) is 37.8. The van der Waals surface area contributed by atoms with Crippen LogP contribution in [-0.4, -0.2) is 146 Å². The summed E-state index contributed by atoms with van der Waals surface area (Å²) in [5.74, 6) is -5.20. The molecule has 0 saturated carbocycles. The van der Waals surface area contributed by atoms with E-state index in [-0.39, 0.29) is 121 Å². The molecule has 4 amide bonds. The summed E-state index contributed by atoms with van der Waals surface area (Å²) in [6.45, 7) is 5.33. The van der Waals surface area contributed by atoms with Crippen LogP contribution in [0.15, 0.2) is 0 Å². The Morgan fingerprint density at radius 3 is 1.46 bits per heavy atom. The van der Waals surface area contributed by atoms with Crippen LogP contribution >= 0.6 is 0 Å². The Bertz CT molecular complexity index is 1400. The molecule has 20 nitrogen and oxygen atoms in total. The number of carboxylic acid groups (broad SMARTS) is 3. The van der Waals surface area contributed by atoms with Gasteiger partial charge in [0.05, 0.1) is 33.0 Å². The van der Waals surface area contributed by atoms with Gasteiger partial charge in [0.2, 0.25) is 23.6 Å². The molecule has 0 aliphatic carbocycles. The van der Waals surface area contributed by atoms with Gasteiger partial charge in [-0.25, -0.2) is 9.59 Å². The molecule has 0 aromatic heterocycles. The second kappa shape index (κ2) is 40.9. The number of carboxylic acids is 3. The van der Waals surface area contributed by atoms with Gasteiger partial charge in [0.25, 0.3) is 0 Å². The summed E-state index contributed by atoms with van der Waals surface area (Å²) < 4.78 is 21.4. The summed E-state index contributed by atoms with van der Waals surface area (Å²) in [6.07, 6.45) is 11.7. The fraction of sp³-hybridized carbons (Fsp3) is 0.800. The average Bonchev–Trinajstić information content (AvgIpc) is 3.25. The third-order valence-corrected chi connectivity index (χ3v) is 10.3. The monoisotopic (exact) mass is 931 g/mol.